The van der Waals surface area contributed by atoms with Gasteiger partial charge in [0.15, 0.2) is 0 Å². The van der Waals surface area contributed by atoms with Crippen LogP contribution in [0.3, 0.4) is 0 Å². The average molecular weight is 198 g/mol. The molecule has 1 aromatic carbocycles. The smallest absolute Gasteiger partial charge is 0.0659 e. The second kappa shape index (κ2) is 3.54. The summed E-state index contributed by atoms with van der Waals surface area (Å²) in [6.45, 7) is 0.882. The van der Waals surface area contributed by atoms with Crippen LogP contribution in [0, 0.1) is 0 Å². The molecule has 1 fully saturated rings. The second-order valence-electron chi connectivity index (χ2n) is 4.23. The van der Waals surface area contributed by atoms with Crippen LogP contribution in [0.2, 0.25) is 0 Å². The van der Waals surface area contributed by atoms with Crippen LogP contribution in [0.5, 0.6) is 0 Å². The standard InChI is InChI=1S/C13H14N2/c1-2-4-11(5-3-1)9-15-10-13(8-14-15)12-6-7-12/h1-5,8,10,12H,6-7,9H2. The third kappa shape index (κ3) is 1.94. The van der Waals surface area contributed by atoms with Crippen LogP contribution >= 0.6 is 0 Å². The van der Waals surface area contributed by atoms with Crippen LogP contribution < -0.4 is 0 Å². The van der Waals surface area contributed by atoms with Crippen LogP contribution in [0.15, 0.2) is 42.7 Å². The topological polar surface area (TPSA) is 17.8 Å². The minimum absolute atomic E-state index is 0.800. The highest BCUT2D eigenvalue weighted by Crippen LogP contribution is 2.39. The molecule has 0 spiro atoms. The molecule has 76 valence electrons. The van der Waals surface area contributed by atoms with Gasteiger partial charge in [0, 0.05) is 6.20 Å². The van der Waals surface area contributed by atoms with Gasteiger partial charge in [-0.1, -0.05) is 30.3 Å². The summed E-state index contributed by atoms with van der Waals surface area (Å²) in [6, 6.07) is 10.5. The lowest BCUT2D eigenvalue weighted by atomic mass is 10.2. The molecule has 0 radical (unpaired) electrons. The van der Waals surface area contributed by atoms with E-state index in [1.165, 1.54) is 24.0 Å². The summed E-state index contributed by atoms with van der Waals surface area (Å²) in [5.74, 6) is 0.800. The Balaban J connectivity index is 1.76. The van der Waals surface area contributed by atoms with E-state index < -0.39 is 0 Å². The Morgan fingerprint density at radius 3 is 2.73 bits per heavy atom. The van der Waals surface area contributed by atoms with Gasteiger partial charge in [-0.2, -0.15) is 5.10 Å². The lowest BCUT2D eigenvalue weighted by molar-refractivity contribution is 0.686. The quantitative estimate of drug-likeness (QED) is 0.741. The minimum atomic E-state index is 0.800. The molecule has 0 atom stereocenters. The van der Waals surface area contributed by atoms with E-state index in [1.807, 2.05) is 16.9 Å². The van der Waals surface area contributed by atoms with Crippen molar-refractivity contribution in [3.05, 3.63) is 53.9 Å². The number of rotatable bonds is 3. The van der Waals surface area contributed by atoms with Crippen molar-refractivity contribution in [2.45, 2.75) is 25.3 Å². The monoisotopic (exact) mass is 198 g/mol. The molecule has 2 aromatic rings. The van der Waals surface area contributed by atoms with E-state index in [1.54, 1.807) is 0 Å². The molecule has 0 amide bonds. The molecule has 1 aliphatic rings. The van der Waals surface area contributed by atoms with Crippen LogP contribution in [0.25, 0.3) is 0 Å². The first-order valence-electron chi connectivity index (χ1n) is 5.48. The molecule has 2 nitrogen and oxygen atoms in total. The van der Waals surface area contributed by atoms with Crippen LogP contribution in [0.4, 0.5) is 0 Å². The number of nitrogens with zero attached hydrogens (tertiary/aromatic N) is 2. The highest BCUT2D eigenvalue weighted by atomic mass is 15.3. The molecule has 3 rings (SSSR count). The normalized spacial score (nSPS) is 15.5. The average Bonchev–Trinajstić information content (AvgIpc) is 3.02. The molecule has 0 unspecified atom stereocenters. The van der Waals surface area contributed by atoms with Crippen molar-refractivity contribution in [2.75, 3.05) is 0 Å². The molecule has 0 N–H and O–H groups in total. The zero-order chi connectivity index (χ0) is 10.1. The van der Waals surface area contributed by atoms with Crippen molar-refractivity contribution in [2.24, 2.45) is 0 Å². The van der Waals surface area contributed by atoms with Crippen molar-refractivity contribution in [1.82, 2.24) is 9.78 Å². The fourth-order valence-corrected chi connectivity index (χ4v) is 1.86. The summed E-state index contributed by atoms with van der Waals surface area (Å²) >= 11 is 0. The molecule has 2 heteroatoms. The first kappa shape index (κ1) is 8.72. The van der Waals surface area contributed by atoms with Crippen LogP contribution in [-0.2, 0) is 6.54 Å². The van der Waals surface area contributed by atoms with Gasteiger partial charge in [-0.15, -0.1) is 0 Å². The highest BCUT2D eigenvalue weighted by Gasteiger charge is 2.24. The van der Waals surface area contributed by atoms with E-state index in [-0.39, 0.29) is 0 Å². The summed E-state index contributed by atoms with van der Waals surface area (Å²) in [5, 5.41) is 4.39. The van der Waals surface area contributed by atoms with E-state index >= 15 is 0 Å². The molecule has 1 aliphatic carbocycles. The zero-order valence-corrected chi connectivity index (χ0v) is 8.63. The predicted molar refractivity (Wildman–Crippen MR) is 59.7 cm³/mol. The van der Waals surface area contributed by atoms with E-state index in [4.69, 9.17) is 0 Å². The van der Waals surface area contributed by atoms with Crippen molar-refractivity contribution in [3.8, 4) is 0 Å². The largest absolute Gasteiger partial charge is 0.268 e. The molecule has 0 bridgehead atoms. The summed E-state index contributed by atoms with van der Waals surface area (Å²) in [4.78, 5) is 0. The van der Waals surface area contributed by atoms with Crippen molar-refractivity contribution in [1.29, 1.82) is 0 Å². The Hall–Kier alpha value is -1.57. The van der Waals surface area contributed by atoms with Gasteiger partial charge in [0.2, 0.25) is 0 Å². The van der Waals surface area contributed by atoms with Crippen molar-refractivity contribution >= 4 is 0 Å². The zero-order valence-electron chi connectivity index (χ0n) is 8.63. The molecule has 1 heterocycles. The van der Waals surface area contributed by atoms with Gasteiger partial charge in [-0.3, -0.25) is 4.68 Å². The first-order chi connectivity index (χ1) is 7.42. The maximum Gasteiger partial charge on any atom is 0.0659 e. The summed E-state index contributed by atoms with van der Waals surface area (Å²) in [6.07, 6.45) is 6.89. The van der Waals surface area contributed by atoms with E-state index in [9.17, 15) is 0 Å². The van der Waals surface area contributed by atoms with Gasteiger partial charge in [0.05, 0.1) is 12.7 Å². The lowest BCUT2D eigenvalue weighted by Gasteiger charge is -2.00. The Kier molecular flexibility index (Phi) is 2.05. The summed E-state index contributed by atoms with van der Waals surface area (Å²) in [7, 11) is 0. The molecule has 15 heavy (non-hydrogen) atoms. The van der Waals surface area contributed by atoms with E-state index in [2.05, 4.69) is 35.6 Å². The van der Waals surface area contributed by atoms with E-state index in [0.29, 0.717) is 0 Å². The third-order valence-corrected chi connectivity index (χ3v) is 2.89. The Morgan fingerprint density at radius 2 is 2.00 bits per heavy atom. The number of aromatic nitrogens is 2. The fourth-order valence-electron chi connectivity index (χ4n) is 1.86. The molecular weight excluding hydrogens is 184 g/mol. The second-order valence-corrected chi connectivity index (χ2v) is 4.23. The molecule has 1 saturated carbocycles. The Bertz CT molecular complexity index is 441. The molecular formula is C13H14N2. The van der Waals surface area contributed by atoms with Gasteiger partial charge in [0.1, 0.15) is 0 Å². The number of hydrogen-bond acceptors (Lipinski definition) is 1. The van der Waals surface area contributed by atoms with Gasteiger partial charge < -0.3 is 0 Å². The maximum atomic E-state index is 4.39. The SMILES string of the molecule is c1ccc(Cn2cc(C3CC3)cn2)cc1. The molecule has 0 saturated heterocycles. The van der Waals surface area contributed by atoms with Gasteiger partial charge in [-0.25, -0.2) is 0 Å². The van der Waals surface area contributed by atoms with Crippen molar-refractivity contribution < 1.29 is 0 Å². The Morgan fingerprint density at radius 1 is 1.20 bits per heavy atom. The predicted octanol–water partition coefficient (Wildman–Crippen LogP) is 2.81. The summed E-state index contributed by atoms with van der Waals surface area (Å²) in [5.41, 5.74) is 2.72. The third-order valence-electron chi connectivity index (χ3n) is 2.89. The Labute approximate surface area is 89.5 Å². The van der Waals surface area contributed by atoms with Crippen LogP contribution in [-0.4, -0.2) is 9.78 Å². The van der Waals surface area contributed by atoms with E-state index in [0.717, 1.165) is 12.5 Å². The summed E-state index contributed by atoms with van der Waals surface area (Å²) < 4.78 is 2.03. The number of benzene rings is 1. The molecule has 1 aromatic heterocycles. The van der Waals surface area contributed by atoms with Gasteiger partial charge in [0.25, 0.3) is 0 Å². The number of hydrogen-bond donors (Lipinski definition) is 0. The minimum Gasteiger partial charge on any atom is -0.268 e. The maximum absolute atomic E-state index is 4.39. The van der Waals surface area contributed by atoms with Crippen LogP contribution in [0.1, 0.15) is 29.9 Å². The van der Waals surface area contributed by atoms with Crippen molar-refractivity contribution in [3.63, 3.8) is 0 Å². The highest BCUT2D eigenvalue weighted by molar-refractivity contribution is 5.19. The van der Waals surface area contributed by atoms with Gasteiger partial charge >= 0.3 is 0 Å². The fraction of sp³-hybridized carbons (Fsp3) is 0.308. The lowest BCUT2D eigenvalue weighted by Crippen LogP contribution is -1.99. The first-order valence-corrected chi connectivity index (χ1v) is 5.48. The molecule has 0 aliphatic heterocycles. The van der Waals surface area contributed by atoms with Gasteiger partial charge in [-0.05, 0) is 29.9 Å².